The van der Waals surface area contributed by atoms with Crippen molar-refractivity contribution in [3.8, 4) is 0 Å². The van der Waals surface area contributed by atoms with Crippen LogP contribution in [0.15, 0.2) is 24.3 Å². The fraction of sp³-hybridized carbons (Fsp3) is 0.788. The van der Waals surface area contributed by atoms with Crippen LogP contribution in [-0.4, -0.2) is 5.97 Å². The van der Waals surface area contributed by atoms with Gasteiger partial charge in [0.1, 0.15) is 6.61 Å². The van der Waals surface area contributed by atoms with E-state index in [0.717, 1.165) is 18.4 Å². The molecule has 0 aliphatic carbocycles. The van der Waals surface area contributed by atoms with Crippen LogP contribution in [0, 0.1) is 0 Å². The zero-order valence-electron chi connectivity index (χ0n) is 24.0. The highest BCUT2D eigenvalue weighted by molar-refractivity contribution is 5.69. The third kappa shape index (κ3) is 18.6. The topological polar surface area (TPSA) is 26.3 Å². The number of hydrogen-bond acceptors (Lipinski definition) is 2. The molecule has 2 heteroatoms. The Morgan fingerprint density at radius 2 is 1.09 bits per heavy atom. The fourth-order valence-electron chi connectivity index (χ4n) is 4.71. The molecule has 1 aromatic carbocycles. The molecule has 0 aromatic heterocycles. The number of rotatable bonds is 22. The molecule has 0 bridgehead atoms. The lowest BCUT2D eigenvalue weighted by molar-refractivity contribution is -0.145. The molecule has 0 aliphatic heterocycles. The van der Waals surface area contributed by atoms with Crippen LogP contribution in [0.25, 0.3) is 0 Å². The normalized spacial score (nSPS) is 11.7. The lowest BCUT2D eigenvalue weighted by atomic mass is 9.86. The third-order valence-corrected chi connectivity index (χ3v) is 7.18. The average Bonchev–Trinajstić information content (AvgIpc) is 2.84. The van der Waals surface area contributed by atoms with E-state index in [-0.39, 0.29) is 11.4 Å². The molecule has 0 radical (unpaired) electrons. The minimum Gasteiger partial charge on any atom is -0.461 e. The van der Waals surface area contributed by atoms with Crippen molar-refractivity contribution in [3.05, 3.63) is 35.4 Å². The number of benzene rings is 1. The van der Waals surface area contributed by atoms with Gasteiger partial charge in [0.25, 0.3) is 0 Å². The average molecular weight is 487 g/mol. The number of carbonyl (C=O) groups is 1. The van der Waals surface area contributed by atoms with Crippen LogP contribution in [0.2, 0.25) is 0 Å². The van der Waals surface area contributed by atoms with Crippen molar-refractivity contribution in [3.63, 3.8) is 0 Å². The van der Waals surface area contributed by atoms with E-state index in [1.807, 2.05) is 6.07 Å². The monoisotopic (exact) mass is 486 g/mol. The van der Waals surface area contributed by atoms with Crippen molar-refractivity contribution in [2.24, 2.45) is 0 Å². The number of esters is 1. The Morgan fingerprint density at radius 3 is 1.51 bits per heavy atom. The Bertz CT molecular complexity index is 628. The van der Waals surface area contributed by atoms with Crippen LogP contribution in [0.4, 0.5) is 0 Å². The number of hydrogen-bond donors (Lipinski definition) is 0. The number of carbonyl (C=O) groups excluding carboxylic acids is 1. The molecule has 1 rings (SSSR count). The van der Waals surface area contributed by atoms with Crippen molar-refractivity contribution in [2.45, 2.75) is 168 Å². The second kappa shape index (κ2) is 20.8. The van der Waals surface area contributed by atoms with Gasteiger partial charge in [-0.2, -0.15) is 0 Å². The van der Waals surface area contributed by atoms with Gasteiger partial charge in [-0.25, -0.2) is 0 Å². The van der Waals surface area contributed by atoms with E-state index in [2.05, 4.69) is 45.9 Å². The predicted molar refractivity (Wildman–Crippen MR) is 153 cm³/mol. The minimum atomic E-state index is -0.0573. The van der Waals surface area contributed by atoms with E-state index in [1.165, 1.54) is 115 Å². The van der Waals surface area contributed by atoms with Gasteiger partial charge in [0.15, 0.2) is 0 Å². The van der Waals surface area contributed by atoms with Crippen LogP contribution in [0.5, 0.6) is 0 Å². The standard InChI is InChI=1S/C33H58O2/c1-5-6-7-8-9-10-11-12-13-14-15-16-17-18-19-20-21-22-23-27-32(34)35-29-30-25-24-26-31(28-30)33(2,3)4/h24-26,28H,5-23,27,29H2,1-4H3. The molecule has 35 heavy (non-hydrogen) atoms. The SMILES string of the molecule is CCCCCCCCCCCCCCCCCCCCCC(=O)OCc1cccc(C(C)(C)C)c1. The molecule has 202 valence electrons. The van der Waals surface area contributed by atoms with Crippen molar-refractivity contribution in [1.82, 2.24) is 0 Å². The van der Waals surface area contributed by atoms with Gasteiger partial charge in [-0.15, -0.1) is 0 Å². The molecule has 0 spiro atoms. The highest BCUT2D eigenvalue weighted by Crippen LogP contribution is 2.23. The summed E-state index contributed by atoms with van der Waals surface area (Å²) < 4.78 is 5.49. The predicted octanol–water partition coefficient (Wildman–Crippen LogP) is 10.8. The maximum Gasteiger partial charge on any atom is 0.306 e. The number of ether oxygens (including phenoxy) is 1. The van der Waals surface area contributed by atoms with Crippen LogP contribution in [-0.2, 0) is 21.6 Å². The van der Waals surface area contributed by atoms with E-state index in [0.29, 0.717) is 13.0 Å². The van der Waals surface area contributed by atoms with Gasteiger partial charge in [-0.1, -0.05) is 168 Å². The molecular weight excluding hydrogens is 428 g/mol. The smallest absolute Gasteiger partial charge is 0.306 e. The molecule has 0 saturated carbocycles. The van der Waals surface area contributed by atoms with Gasteiger partial charge in [-0.05, 0) is 23.0 Å². The van der Waals surface area contributed by atoms with Crippen molar-refractivity contribution in [1.29, 1.82) is 0 Å². The molecule has 1 aromatic rings. The van der Waals surface area contributed by atoms with Crippen molar-refractivity contribution in [2.75, 3.05) is 0 Å². The van der Waals surface area contributed by atoms with Gasteiger partial charge in [0.2, 0.25) is 0 Å². The molecule has 0 atom stereocenters. The highest BCUT2D eigenvalue weighted by Gasteiger charge is 2.14. The summed E-state index contributed by atoms with van der Waals surface area (Å²) in [5.74, 6) is -0.0573. The molecule has 0 unspecified atom stereocenters. The zero-order valence-corrected chi connectivity index (χ0v) is 24.0. The van der Waals surface area contributed by atoms with Crippen LogP contribution in [0.1, 0.15) is 167 Å². The van der Waals surface area contributed by atoms with Gasteiger partial charge >= 0.3 is 5.97 Å². The Balaban J connectivity index is 1.84. The summed E-state index contributed by atoms with van der Waals surface area (Å²) in [6, 6.07) is 8.40. The first-order valence-electron chi connectivity index (χ1n) is 15.2. The molecule has 0 fully saturated rings. The third-order valence-electron chi connectivity index (χ3n) is 7.18. The second-order valence-electron chi connectivity index (χ2n) is 11.7. The lowest BCUT2D eigenvalue weighted by Crippen LogP contribution is -2.11. The van der Waals surface area contributed by atoms with Crippen LogP contribution in [0.3, 0.4) is 0 Å². The van der Waals surface area contributed by atoms with E-state index < -0.39 is 0 Å². The molecule has 0 aliphatic rings. The summed E-state index contributed by atoms with van der Waals surface area (Å²) in [7, 11) is 0. The summed E-state index contributed by atoms with van der Waals surface area (Å²) >= 11 is 0. The first-order valence-corrected chi connectivity index (χ1v) is 15.2. The van der Waals surface area contributed by atoms with Gasteiger partial charge in [0, 0.05) is 6.42 Å². The quantitative estimate of drug-likeness (QED) is 0.120. The van der Waals surface area contributed by atoms with E-state index in [9.17, 15) is 4.79 Å². The van der Waals surface area contributed by atoms with Crippen LogP contribution >= 0.6 is 0 Å². The Hall–Kier alpha value is -1.31. The number of unbranched alkanes of at least 4 members (excludes halogenated alkanes) is 18. The fourth-order valence-corrected chi connectivity index (χ4v) is 4.71. The minimum absolute atomic E-state index is 0.0573. The Kier molecular flexibility index (Phi) is 18.9. The first-order chi connectivity index (χ1) is 16.9. The summed E-state index contributed by atoms with van der Waals surface area (Å²) in [4.78, 5) is 12.1. The largest absolute Gasteiger partial charge is 0.461 e. The van der Waals surface area contributed by atoms with E-state index >= 15 is 0 Å². The van der Waals surface area contributed by atoms with Gasteiger partial charge in [-0.3, -0.25) is 4.79 Å². The molecule has 2 nitrogen and oxygen atoms in total. The highest BCUT2D eigenvalue weighted by atomic mass is 16.5. The summed E-state index contributed by atoms with van der Waals surface area (Å²) in [6.45, 7) is 9.30. The van der Waals surface area contributed by atoms with E-state index in [1.54, 1.807) is 0 Å². The Labute approximate surface area is 219 Å². The molecule has 0 N–H and O–H groups in total. The summed E-state index contributed by atoms with van der Waals surface area (Å²) in [5, 5.41) is 0. The molecule has 0 amide bonds. The summed E-state index contributed by atoms with van der Waals surface area (Å²) in [6.07, 6.45) is 26.6. The van der Waals surface area contributed by atoms with Crippen LogP contribution < -0.4 is 0 Å². The maximum absolute atomic E-state index is 12.1. The van der Waals surface area contributed by atoms with Gasteiger partial charge < -0.3 is 4.74 Å². The second-order valence-corrected chi connectivity index (χ2v) is 11.7. The lowest BCUT2D eigenvalue weighted by Gasteiger charge is -2.19. The van der Waals surface area contributed by atoms with E-state index in [4.69, 9.17) is 4.74 Å². The molecule has 0 heterocycles. The molecule has 0 saturated heterocycles. The Morgan fingerprint density at radius 1 is 0.657 bits per heavy atom. The van der Waals surface area contributed by atoms with Crippen molar-refractivity contribution < 1.29 is 9.53 Å². The molecular formula is C33H58O2. The maximum atomic E-state index is 12.1. The van der Waals surface area contributed by atoms with Gasteiger partial charge in [0.05, 0.1) is 0 Å². The first kappa shape index (κ1) is 31.7. The zero-order chi connectivity index (χ0) is 25.6. The summed E-state index contributed by atoms with van der Waals surface area (Å²) in [5.41, 5.74) is 2.48. The van der Waals surface area contributed by atoms with Crippen molar-refractivity contribution >= 4 is 5.97 Å².